The van der Waals surface area contributed by atoms with Crippen LogP contribution < -0.4 is 21.3 Å². The topological polar surface area (TPSA) is 307 Å². The SMILES string of the molecule is CC(=O)N(CCc1c2c(nc3ccccc13)/C(=C/C1=C(C=O)COC(=O)C1OC(=O)OCc1ccc(NC(=O)CNC(=O)COCC(=O)NC(C)(C)COC(C)(C)Cn3cc(CNC(=O)CCCC#Cc4cnc(S)nc4)nn3)cc1)N(C)C2)C(C)C. The van der Waals surface area contributed by atoms with Gasteiger partial charge < -0.3 is 54.8 Å². The number of rotatable bonds is 27. The Morgan fingerprint density at radius 1 is 0.966 bits per heavy atom. The Balaban J connectivity index is 0.794. The predicted octanol–water partition coefficient (Wildman–Crippen LogP) is 4.56. The van der Waals surface area contributed by atoms with Gasteiger partial charge >= 0.3 is 12.1 Å². The number of carbonyl (C=O) groups is 8. The number of para-hydroxylation sites is 1. The summed E-state index contributed by atoms with van der Waals surface area (Å²) in [4.78, 5) is 118. The maximum atomic E-state index is 13.2. The third-order valence-corrected chi connectivity index (χ3v) is 13.9. The number of thiol groups is 1. The number of carbonyl (C=O) groups excluding carboxylic acids is 8. The number of fused-ring (bicyclic) bond motifs is 2. The van der Waals surface area contributed by atoms with Gasteiger partial charge in [-0.1, -0.05) is 47.4 Å². The molecule has 7 rings (SSSR count). The van der Waals surface area contributed by atoms with Gasteiger partial charge in [0, 0.05) is 86.1 Å². The molecule has 3 aromatic heterocycles. The first-order valence-electron chi connectivity index (χ1n) is 28.1. The van der Waals surface area contributed by atoms with Gasteiger partial charge in [-0.25, -0.2) is 29.2 Å². The molecule has 26 heteroatoms. The van der Waals surface area contributed by atoms with E-state index in [0.717, 1.165) is 22.0 Å². The third kappa shape index (κ3) is 19.5. The van der Waals surface area contributed by atoms with Crippen LogP contribution in [0, 0.1) is 11.8 Å². The molecule has 0 bridgehead atoms. The van der Waals surface area contributed by atoms with E-state index >= 15 is 0 Å². The number of ether oxygens (including phenoxy) is 5. The summed E-state index contributed by atoms with van der Waals surface area (Å²) in [5, 5.41) is 20.4. The summed E-state index contributed by atoms with van der Waals surface area (Å²) < 4.78 is 29.2. The average molecular weight is 1210 g/mol. The molecule has 5 aromatic rings. The molecule has 5 amide bonds. The van der Waals surface area contributed by atoms with Crippen molar-refractivity contribution in [2.45, 2.75) is 129 Å². The second kappa shape index (κ2) is 30.3. The van der Waals surface area contributed by atoms with Crippen LogP contribution in [0.5, 0.6) is 0 Å². The zero-order valence-corrected chi connectivity index (χ0v) is 50.8. The van der Waals surface area contributed by atoms with Gasteiger partial charge in [0.1, 0.15) is 38.4 Å². The lowest BCUT2D eigenvalue weighted by Crippen LogP contribution is -2.50. The second-order valence-electron chi connectivity index (χ2n) is 22.2. The molecule has 5 heterocycles. The van der Waals surface area contributed by atoms with Crippen LogP contribution in [-0.2, 0) is 89.9 Å². The molecule has 0 spiro atoms. The van der Waals surface area contributed by atoms with Gasteiger partial charge in [0.2, 0.25) is 35.6 Å². The first-order chi connectivity index (χ1) is 41.5. The van der Waals surface area contributed by atoms with Crippen LogP contribution >= 0.6 is 12.6 Å². The van der Waals surface area contributed by atoms with Crippen molar-refractivity contribution in [3.63, 3.8) is 0 Å². The summed E-state index contributed by atoms with van der Waals surface area (Å²) in [6, 6.07) is 14.0. The number of aldehydes is 1. The first-order valence-corrected chi connectivity index (χ1v) is 28.5. The molecule has 0 radical (unpaired) electrons. The van der Waals surface area contributed by atoms with Crippen molar-refractivity contribution in [2.75, 3.05) is 51.9 Å². The number of benzene rings is 2. The fourth-order valence-corrected chi connectivity index (χ4v) is 9.48. The normalized spacial score (nSPS) is 14.4. The number of esters is 1. The van der Waals surface area contributed by atoms with Gasteiger partial charge in [0.15, 0.2) is 5.16 Å². The van der Waals surface area contributed by atoms with Gasteiger partial charge in [0.25, 0.3) is 0 Å². The number of unbranched alkanes of at least 4 members (excludes halogenated alkanes) is 1. The Hall–Kier alpha value is -9.06. The molecule has 0 aliphatic carbocycles. The molecule has 2 aliphatic rings. The van der Waals surface area contributed by atoms with Crippen molar-refractivity contribution in [3.05, 3.63) is 118 Å². The Morgan fingerprint density at radius 2 is 1.70 bits per heavy atom. The molecule has 87 heavy (non-hydrogen) atoms. The van der Waals surface area contributed by atoms with E-state index in [9.17, 15) is 38.4 Å². The number of hydrogen-bond acceptors (Lipinski definition) is 20. The summed E-state index contributed by atoms with van der Waals surface area (Å²) in [5.41, 5.74) is 4.63. The smallest absolute Gasteiger partial charge is 0.458 e. The summed E-state index contributed by atoms with van der Waals surface area (Å²) in [6.07, 6.45) is 6.18. The van der Waals surface area contributed by atoms with Crippen molar-refractivity contribution in [3.8, 4) is 11.8 Å². The number of aromatic nitrogens is 6. The number of pyridine rings is 1. The number of nitrogens with one attached hydrogen (secondary N) is 4. The number of nitrogens with zero attached hydrogens (tertiary/aromatic N) is 8. The van der Waals surface area contributed by atoms with Crippen molar-refractivity contribution in [1.82, 2.24) is 55.7 Å². The molecule has 25 nitrogen and oxygen atoms in total. The van der Waals surface area contributed by atoms with Crippen LogP contribution in [0.4, 0.5) is 10.5 Å². The monoisotopic (exact) mass is 1210 g/mol. The summed E-state index contributed by atoms with van der Waals surface area (Å²) >= 11 is 4.05. The van der Waals surface area contributed by atoms with Crippen molar-refractivity contribution < 1.29 is 62.0 Å². The van der Waals surface area contributed by atoms with E-state index < -0.39 is 66.8 Å². The number of cyclic esters (lactones) is 1. The Labute approximate surface area is 509 Å². The molecule has 1 unspecified atom stereocenters. The predicted molar refractivity (Wildman–Crippen MR) is 320 cm³/mol. The van der Waals surface area contributed by atoms with E-state index in [0.29, 0.717) is 90.7 Å². The van der Waals surface area contributed by atoms with E-state index in [4.69, 9.17) is 28.7 Å². The van der Waals surface area contributed by atoms with E-state index in [1.165, 1.54) is 0 Å². The zero-order chi connectivity index (χ0) is 62.8. The van der Waals surface area contributed by atoms with E-state index in [-0.39, 0.29) is 55.4 Å². The zero-order valence-electron chi connectivity index (χ0n) is 49.9. The number of amides is 5. The molecular formula is C61H72N12O13S. The first kappa shape index (κ1) is 65.5. The highest BCUT2D eigenvalue weighted by molar-refractivity contribution is 7.80. The van der Waals surface area contributed by atoms with E-state index in [1.54, 1.807) is 74.4 Å². The molecule has 460 valence electrons. The Morgan fingerprint density at radius 3 is 2.43 bits per heavy atom. The van der Waals surface area contributed by atoms with Gasteiger partial charge in [-0.05, 0) is 89.8 Å². The lowest BCUT2D eigenvalue weighted by atomic mass is 9.96. The van der Waals surface area contributed by atoms with Crippen molar-refractivity contribution in [2.24, 2.45) is 0 Å². The molecule has 0 saturated heterocycles. The van der Waals surface area contributed by atoms with Crippen LogP contribution in [0.2, 0.25) is 0 Å². The molecule has 4 N–H and O–H groups in total. The van der Waals surface area contributed by atoms with E-state index in [2.05, 4.69) is 66.0 Å². The average Bonchev–Trinajstić information content (AvgIpc) is 1.72. The highest BCUT2D eigenvalue weighted by Gasteiger charge is 2.37. The minimum Gasteiger partial charge on any atom is -0.458 e. The molecule has 0 fully saturated rings. The minimum absolute atomic E-state index is 0.00166. The molecular weight excluding hydrogens is 1140 g/mol. The molecule has 2 aromatic carbocycles. The largest absolute Gasteiger partial charge is 0.509 e. The summed E-state index contributed by atoms with van der Waals surface area (Å²) in [5.74, 6) is 3.20. The molecule has 2 aliphatic heterocycles. The molecule has 1 atom stereocenters. The third-order valence-electron chi connectivity index (χ3n) is 13.7. The van der Waals surface area contributed by atoms with Crippen LogP contribution in [-0.4, -0.2) is 158 Å². The van der Waals surface area contributed by atoms with Crippen molar-refractivity contribution >= 4 is 82.9 Å². The van der Waals surface area contributed by atoms with Crippen LogP contribution in [0.3, 0.4) is 0 Å². The minimum atomic E-state index is -1.64. The maximum absolute atomic E-state index is 13.2. The summed E-state index contributed by atoms with van der Waals surface area (Å²) in [7, 11) is 1.85. The number of hydrogen-bond donors (Lipinski definition) is 5. The maximum Gasteiger partial charge on any atom is 0.509 e. The van der Waals surface area contributed by atoms with Gasteiger partial charge in [-0.3, -0.25) is 28.8 Å². The highest BCUT2D eigenvalue weighted by Crippen LogP contribution is 2.38. The quantitative estimate of drug-likeness (QED) is 0.0120. The second-order valence-corrected chi connectivity index (χ2v) is 22.6. The Kier molecular flexibility index (Phi) is 22.8. The van der Waals surface area contributed by atoms with Crippen LogP contribution in [0.15, 0.2) is 89.5 Å². The van der Waals surface area contributed by atoms with Crippen LogP contribution in [0.25, 0.3) is 16.6 Å². The van der Waals surface area contributed by atoms with Gasteiger partial charge in [-0.15, -0.1) is 17.7 Å². The number of anilines is 1. The highest BCUT2D eigenvalue weighted by atomic mass is 32.1. The standard InChI is InChI=1S/C61H72N12O13S/c1-38(2)73(39(3)75)23-22-45-46-15-12-13-16-49(46)67-55-48(45)30-71(8)50(55)24-47-42(31-74)33-83-57(80)56(47)86-59(81)84-32-40-18-20-43(21-19-40)66-52(77)28-63-53(78)34-82-35-54(79)68-60(4,5)37-85-61(6,7)36-72-29-44(69-70-72)27-62-51(76)17-11-9-10-14-41-25-64-58(87)65-26-41/h12-13,15-16,18-21,24-26,29,31,38,56H,9,11,17,22-23,27-28,30,32-37H2,1-8H3,(H,62,76)(H,63,78)(H,66,77)(H,68,79)(H,64,65,87)/b50-24-. The Bertz CT molecular complexity index is 3480. The lowest BCUT2D eigenvalue weighted by Gasteiger charge is -2.32. The van der Waals surface area contributed by atoms with E-state index in [1.807, 2.05) is 68.8 Å². The van der Waals surface area contributed by atoms with Gasteiger partial charge in [-0.2, -0.15) is 0 Å². The van der Waals surface area contributed by atoms with Gasteiger partial charge in [0.05, 0.1) is 66.0 Å². The lowest BCUT2D eigenvalue weighted by molar-refractivity contribution is -0.153. The fraction of sp³-hybridized carbons (Fsp3) is 0.426. The summed E-state index contributed by atoms with van der Waals surface area (Å²) in [6.45, 7) is 12.4. The van der Waals surface area contributed by atoms with Crippen molar-refractivity contribution in [1.29, 1.82) is 0 Å². The van der Waals surface area contributed by atoms with Crippen LogP contribution in [0.1, 0.15) is 101 Å². The molecule has 0 saturated carbocycles. The fourth-order valence-electron chi connectivity index (χ4n) is 9.36.